The van der Waals surface area contributed by atoms with Gasteiger partial charge in [-0.05, 0) is 18.2 Å². The molecular weight excluding hydrogens is 292 g/mol. The van der Waals surface area contributed by atoms with Crippen LogP contribution in [-0.2, 0) is 6.54 Å². The summed E-state index contributed by atoms with van der Waals surface area (Å²) < 4.78 is 53.5. The summed E-state index contributed by atoms with van der Waals surface area (Å²) in [6, 6.07) is 4.47. The Kier molecular flexibility index (Phi) is 4.06. The first-order valence-corrected chi connectivity index (χ1v) is 5.71. The maximum atomic E-state index is 13.6. The van der Waals surface area contributed by atoms with Crippen LogP contribution in [0.25, 0.3) is 0 Å². The van der Waals surface area contributed by atoms with Gasteiger partial charge in [0.05, 0.1) is 4.92 Å². The Morgan fingerprint density at radius 2 is 1.62 bits per heavy atom. The molecule has 0 aromatic heterocycles. The topological polar surface area (TPSA) is 55.2 Å². The van der Waals surface area contributed by atoms with Crippen molar-refractivity contribution in [1.82, 2.24) is 0 Å². The minimum Gasteiger partial charge on any atom is -0.373 e. The van der Waals surface area contributed by atoms with E-state index in [1.165, 1.54) is 0 Å². The molecule has 0 radical (unpaired) electrons. The van der Waals surface area contributed by atoms with Crippen LogP contribution in [0.15, 0.2) is 30.3 Å². The highest BCUT2D eigenvalue weighted by molar-refractivity contribution is 5.62. The van der Waals surface area contributed by atoms with Crippen molar-refractivity contribution < 1.29 is 22.5 Å². The van der Waals surface area contributed by atoms with Crippen molar-refractivity contribution in [2.45, 2.75) is 6.54 Å². The second-order valence-corrected chi connectivity index (χ2v) is 4.07. The molecular formula is C13H8F4N2O2. The number of hydrogen-bond acceptors (Lipinski definition) is 3. The second-order valence-electron chi connectivity index (χ2n) is 4.07. The standard InChI is InChI=1S/C13H8F4N2O2/c14-8-2-1-3-9(15)7(8)6-18-13-11(19(20)21)5-4-10(16)12(13)17/h1-5,18H,6H2. The molecule has 0 spiro atoms. The van der Waals surface area contributed by atoms with E-state index >= 15 is 0 Å². The van der Waals surface area contributed by atoms with Gasteiger partial charge in [0.1, 0.15) is 11.6 Å². The maximum Gasteiger partial charge on any atom is 0.295 e. The smallest absolute Gasteiger partial charge is 0.295 e. The van der Waals surface area contributed by atoms with Gasteiger partial charge in [-0.25, -0.2) is 17.6 Å². The average Bonchev–Trinajstić information content (AvgIpc) is 2.42. The lowest BCUT2D eigenvalue weighted by Crippen LogP contribution is -2.09. The van der Waals surface area contributed by atoms with E-state index in [9.17, 15) is 27.7 Å². The molecule has 0 heterocycles. The summed E-state index contributed by atoms with van der Waals surface area (Å²) in [4.78, 5) is 9.83. The molecule has 0 amide bonds. The molecule has 0 saturated carbocycles. The fourth-order valence-electron chi connectivity index (χ4n) is 1.74. The highest BCUT2D eigenvalue weighted by atomic mass is 19.2. The van der Waals surface area contributed by atoms with E-state index in [0.717, 1.165) is 24.3 Å². The number of hydrogen-bond donors (Lipinski definition) is 1. The summed E-state index contributed by atoms with van der Waals surface area (Å²) in [5, 5.41) is 12.9. The van der Waals surface area contributed by atoms with Gasteiger partial charge in [0, 0.05) is 18.2 Å². The molecule has 0 aliphatic carbocycles. The lowest BCUT2D eigenvalue weighted by atomic mass is 10.2. The molecule has 0 saturated heterocycles. The third-order valence-electron chi connectivity index (χ3n) is 2.77. The van der Waals surface area contributed by atoms with Crippen LogP contribution in [0.4, 0.5) is 28.9 Å². The van der Waals surface area contributed by atoms with Crippen molar-refractivity contribution in [3.63, 3.8) is 0 Å². The Balaban J connectivity index is 2.36. The van der Waals surface area contributed by atoms with Gasteiger partial charge in [-0.1, -0.05) is 6.07 Å². The quantitative estimate of drug-likeness (QED) is 0.531. The van der Waals surface area contributed by atoms with Gasteiger partial charge < -0.3 is 5.32 Å². The van der Waals surface area contributed by atoms with Crippen LogP contribution in [0.2, 0.25) is 0 Å². The maximum absolute atomic E-state index is 13.6. The van der Waals surface area contributed by atoms with Gasteiger partial charge in [-0.15, -0.1) is 0 Å². The van der Waals surface area contributed by atoms with Gasteiger partial charge >= 0.3 is 0 Å². The molecule has 4 nitrogen and oxygen atoms in total. The summed E-state index contributed by atoms with van der Waals surface area (Å²) in [6.45, 7) is -0.570. The van der Waals surface area contributed by atoms with E-state index in [1.807, 2.05) is 0 Å². The number of nitro groups is 1. The minimum atomic E-state index is -1.49. The van der Waals surface area contributed by atoms with E-state index in [-0.39, 0.29) is 0 Å². The van der Waals surface area contributed by atoms with E-state index < -0.39 is 51.7 Å². The van der Waals surface area contributed by atoms with Gasteiger partial charge in [-0.3, -0.25) is 10.1 Å². The lowest BCUT2D eigenvalue weighted by molar-refractivity contribution is -0.384. The SMILES string of the molecule is O=[N+]([O-])c1ccc(F)c(F)c1NCc1c(F)cccc1F. The lowest BCUT2D eigenvalue weighted by Gasteiger charge is -2.10. The number of rotatable bonds is 4. The molecule has 0 aliphatic heterocycles. The predicted molar refractivity (Wildman–Crippen MR) is 66.7 cm³/mol. The van der Waals surface area contributed by atoms with Crippen LogP contribution in [0.3, 0.4) is 0 Å². The van der Waals surface area contributed by atoms with Crippen LogP contribution in [0.5, 0.6) is 0 Å². The summed E-state index contributed by atoms with van der Waals surface area (Å²) in [7, 11) is 0. The van der Waals surface area contributed by atoms with Crippen molar-refractivity contribution in [2.24, 2.45) is 0 Å². The Bertz CT molecular complexity index is 687. The summed E-state index contributed by atoms with van der Waals surface area (Å²) in [6.07, 6.45) is 0. The first-order valence-electron chi connectivity index (χ1n) is 5.71. The van der Waals surface area contributed by atoms with Crippen LogP contribution < -0.4 is 5.32 Å². The second kappa shape index (κ2) is 5.78. The molecule has 0 fully saturated rings. The zero-order valence-electron chi connectivity index (χ0n) is 10.4. The monoisotopic (exact) mass is 300 g/mol. The first kappa shape index (κ1) is 14.8. The first-order chi connectivity index (χ1) is 9.91. The molecule has 2 aromatic rings. The highest BCUT2D eigenvalue weighted by Gasteiger charge is 2.22. The molecule has 0 atom stereocenters. The predicted octanol–water partition coefficient (Wildman–Crippen LogP) is 3.76. The van der Waals surface area contributed by atoms with E-state index in [2.05, 4.69) is 5.32 Å². The molecule has 8 heteroatoms. The number of nitro benzene ring substituents is 1. The number of nitrogens with one attached hydrogen (secondary N) is 1. The highest BCUT2D eigenvalue weighted by Crippen LogP contribution is 2.29. The van der Waals surface area contributed by atoms with E-state index in [1.54, 1.807) is 0 Å². The summed E-state index contributed by atoms with van der Waals surface area (Å²) in [5.41, 5.74) is -1.93. The Labute approximate surface area is 116 Å². The summed E-state index contributed by atoms with van der Waals surface area (Å²) in [5.74, 6) is -4.60. The van der Waals surface area contributed by atoms with Crippen molar-refractivity contribution >= 4 is 11.4 Å². The zero-order valence-corrected chi connectivity index (χ0v) is 10.4. The van der Waals surface area contributed by atoms with Crippen molar-refractivity contribution in [3.05, 3.63) is 69.3 Å². The Morgan fingerprint density at radius 1 is 1.00 bits per heavy atom. The van der Waals surface area contributed by atoms with Crippen molar-refractivity contribution in [3.8, 4) is 0 Å². The molecule has 0 aliphatic rings. The normalized spacial score (nSPS) is 10.5. The molecule has 1 N–H and O–H groups in total. The Morgan fingerprint density at radius 3 is 2.19 bits per heavy atom. The van der Waals surface area contributed by atoms with Gasteiger partial charge in [0.15, 0.2) is 17.3 Å². The average molecular weight is 300 g/mol. The van der Waals surface area contributed by atoms with E-state index in [0.29, 0.717) is 6.07 Å². The molecule has 21 heavy (non-hydrogen) atoms. The largest absolute Gasteiger partial charge is 0.373 e. The van der Waals surface area contributed by atoms with Crippen molar-refractivity contribution in [2.75, 3.05) is 5.32 Å². The van der Waals surface area contributed by atoms with Crippen LogP contribution in [-0.4, -0.2) is 4.92 Å². The molecule has 2 rings (SSSR count). The fraction of sp³-hybridized carbons (Fsp3) is 0.0769. The Hall–Kier alpha value is -2.64. The third kappa shape index (κ3) is 2.93. The molecule has 110 valence electrons. The van der Waals surface area contributed by atoms with Gasteiger partial charge in [0.2, 0.25) is 0 Å². The number of halogens is 4. The number of anilines is 1. The van der Waals surface area contributed by atoms with Gasteiger partial charge in [-0.2, -0.15) is 0 Å². The third-order valence-corrected chi connectivity index (χ3v) is 2.77. The zero-order chi connectivity index (χ0) is 15.6. The molecule has 2 aromatic carbocycles. The number of nitrogens with zero attached hydrogens (tertiary/aromatic N) is 1. The van der Waals surface area contributed by atoms with Crippen molar-refractivity contribution in [1.29, 1.82) is 0 Å². The van der Waals surface area contributed by atoms with E-state index in [4.69, 9.17) is 0 Å². The fourth-order valence-corrected chi connectivity index (χ4v) is 1.74. The van der Waals surface area contributed by atoms with Gasteiger partial charge in [0.25, 0.3) is 5.69 Å². The summed E-state index contributed by atoms with van der Waals surface area (Å²) >= 11 is 0. The molecule has 0 unspecified atom stereocenters. The van der Waals surface area contributed by atoms with Crippen LogP contribution in [0, 0.1) is 33.4 Å². The number of benzene rings is 2. The molecule has 0 bridgehead atoms. The van der Waals surface area contributed by atoms with Crippen LogP contribution in [0.1, 0.15) is 5.56 Å². The minimum absolute atomic E-state index is 0.435. The van der Waals surface area contributed by atoms with Crippen LogP contribution >= 0.6 is 0 Å².